The highest BCUT2D eigenvalue weighted by Crippen LogP contribution is 2.51. The van der Waals surface area contributed by atoms with Gasteiger partial charge in [0, 0.05) is 24.7 Å². The molecule has 0 radical (unpaired) electrons. The van der Waals surface area contributed by atoms with Crippen LogP contribution >= 0.6 is 15.9 Å². The number of hydrogen-bond donors (Lipinski definition) is 1. The molecule has 2 aromatic carbocycles. The summed E-state index contributed by atoms with van der Waals surface area (Å²) in [7, 11) is 3.45. The van der Waals surface area contributed by atoms with Gasteiger partial charge in [-0.15, -0.1) is 0 Å². The molecule has 0 saturated carbocycles. The molecule has 160 valence electrons. The largest absolute Gasteiger partial charge is 0.492 e. The van der Waals surface area contributed by atoms with Crippen molar-refractivity contribution < 1.29 is 28.5 Å². The van der Waals surface area contributed by atoms with E-state index in [1.807, 2.05) is 18.0 Å². The van der Waals surface area contributed by atoms with E-state index in [1.165, 1.54) is 0 Å². The van der Waals surface area contributed by atoms with E-state index >= 15 is 0 Å². The lowest BCUT2D eigenvalue weighted by Gasteiger charge is -2.21. The van der Waals surface area contributed by atoms with E-state index in [1.54, 1.807) is 25.3 Å². The van der Waals surface area contributed by atoms with Crippen LogP contribution in [0.3, 0.4) is 0 Å². The van der Waals surface area contributed by atoms with Gasteiger partial charge in [-0.2, -0.15) is 0 Å². The minimum absolute atomic E-state index is 0.0704. The van der Waals surface area contributed by atoms with Crippen LogP contribution < -0.4 is 24.3 Å². The fraction of sp³-hybridized carbons (Fsp3) is 0.273. The van der Waals surface area contributed by atoms with Crippen molar-refractivity contribution in [3.63, 3.8) is 0 Å². The second-order valence-electron chi connectivity index (χ2n) is 7.38. The van der Waals surface area contributed by atoms with Gasteiger partial charge in [0.25, 0.3) is 5.91 Å². The number of benzene rings is 2. The van der Waals surface area contributed by atoms with E-state index in [2.05, 4.69) is 21.2 Å². The molecule has 3 aliphatic heterocycles. The Morgan fingerprint density at radius 1 is 1.23 bits per heavy atom. The number of hydrogen-bond acceptors (Lipinski definition) is 7. The van der Waals surface area contributed by atoms with E-state index in [4.69, 9.17) is 18.9 Å². The first-order valence-electron chi connectivity index (χ1n) is 9.70. The Morgan fingerprint density at radius 3 is 2.84 bits per heavy atom. The monoisotopic (exact) mass is 486 g/mol. The molecule has 0 aliphatic carbocycles. The van der Waals surface area contributed by atoms with Gasteiger partial charge in [-0.05, 0) is 52.2 Å². The highest BCUT2D eigenvalue weighted by Gasteiger charge is 2.32. The Balaban J connectivity index is 1.60. The van der Waals surface area contributed by atoms with Crippen molar-refractivity contribution in [2.75, 3.05) is 39.4 Å². The lowest BCUT2D eigenvalue weighted by molar-refractivity contribution is -0.118. The number of carbonyl (C=O) groups excluding carboxylic acids is 2. The molecule has 5 rings (SSSR count). The van der Waals surface area contributed by atoms with Crippen LogP contribution in [-0.2, 0) is 11.2 Å². The molecule has 0 aromatic heterocycles. The Bertz CT molecular complexity index is 1160. The minimum atomic E-state index is -0.217. The average Bonchev–Trinajstić information content (AvgIpc) is 3.19. The molecule has 3 aliphatic rings. The van der Waals surface area contributed by atoms with Crippen LogP contribution in [0.4, 0.5) is 5.69 Å². The molecule has 3 heterocycles. The predicted molar refractivity (Wildman–Crippen MR) is 116 cm³/mol. The van der Waals surface area contributed by atoms with Crippen LogP contribution in [0.5, 0.6) is 23.0 Å². The van der Waals surface area contributed by atoms with Crippen LogP contribution in [0.2, 0.25) is 0 Å². The third-order valence-corrected chi connectivity index (χ3v) is 6.39. The lowest BCUT2D eigenvalue weighted by atomic mass is 10.00. The number of carbonyl (C=O) groups is 2. The minimum Gasteiger partial charge on any atom is -0.492 e. The first-order chi connectivity index (χ1) is 15.0. The highest BCUT2D eigenvalue weighted by molar-refractivity contribution is 9.10. The number of anilines is 1. The molecule has 31 heavy (non-hydrogen) atoms. The average molecular weight is 487 g/mol. The van der Waals surface area contributed by atoms with E-state index in [0.29, 0.717) is 52.9 Å². The van der Waals surface area contributed by atoms with E-state index < -0.39 is 0 Å². The maximum atomic E-state index is 13.5. The van der Waals surface area contributed by atoms with Gasteiger partial charge in [0.15, 0.2) is 18.1 Å². The van der Waals surface area contributed by atoms with Crippen molar-refractivity contribution in [3.8, 4) is 23.0 Å². The topological polar surface area (TPSA) is 86.3 Å². The Morgan fingerprint density at radius 2 is 2.03 bits per heavy atom. The summed E-state index contributed by atoms with van der Waals surface area (Å²) in [6, 6.07) is 5.02. The third kappa shape index (κ3) is 3.20. The first kappa shape index (κ1) is 19.7. The number of methoxy groups -OCH3 is 1. The van der Waals surface area contributed by atoms with Gasteiger partial charge in [-0.1, -0.05) is 0 Å². The number of ether oxygens (including phenoxy) is 4. The van der Waals surface area contributed by atoms with Crippen LogP contribution in [0.15, 0.2) is 28.4 Å². The third-order valence-electron chi connectivity index (χ3n) is 5.56. The summed E-state index contributed by atoms with van der Waals surface area (Å²) in [5, 5.41) is 2.73. The van der Waals surface area contributed by atoms with E-state index in [9.17, 15) is 9.59 Å². The highest BCUT2D eigenvalue weighted by atomic mass is 79.9. The molecule has 8 nitrogen and oxygen atoms in total. The van der Waals surface area contributed by atoms with Gasteiger partial charge in [-0.25, -0.2) is 0 Å². The van der Waals surface area contributed by atoms with E-state index in [0.717, 1.165) is 15.6 Å². The number of allylic oxidation sites excluding steroid dienone is 1. The molecule has 0 bridgehead atoms. The first-order valence-corrected chi connectivity index (χ1v) is 10.5. The number of fused-ring (bicyclic) bond motifs is 3. The van der Waals surface area contributed by atoms with Crippen LogP contribution in [0.1, 0.15) is 21.5 Å². The zero-order valence-corrected chi connectivity index (χ0v) is 18.5. The normalized spacial score (nSPS) is 16.4. The number of nitrogens with one attached hydrogen (secondary N) is 1. The molecule has 9 heteroatoms. The number of likely N-dealkylation sites (N-methyl/N-ethyl adjacent to an activating group) is 1. The number of nitrogens with zero attached hydrogens (tertiary/aromatic N) is 1. The molecule has 1 amide bonds. The van der Waals surface area contributed by atoms with Crippen LogP contribution in [0, 0.1) is 0 Å². The Labute approximate surface area is 186 Å². The number of Topliss-reactive ketones (excluding diaryl/α,β-unsaturated/α-hetero) is 1. The molecule has 0 fully saturated rings. The van der Waals surface area contributed by atoms with Crippen molar-refractivity contribution in [3.05, 3.63) is 45.1 Å². The van der Waals surface area contributed by atoms with Gasteiger partial charge in [0.05, 0.1) is 23.0 Å². The van der Waals surface area contributed by atoms with Gasteiger partial charge < -0.3 is 29.2 Å². The number of amides is 1. The number of rotatable bonds is 3. The maximum Gasteiger partial charge on any atom is 0.262 e. The standard InChI is InChI=1S/C22H19BrN2O6/c1-25-6-5-12-13(20(28-2)22-21(18(12)23)30-10-31-22)8-15(25)19(27)11-3-4-14-16(7-11)29-9-17(26)24-14/h3-4,7-8H,5-6,9-10H2,1-2H3,(H,24,26). The summed E-state index contributed by atoms with van der Waals surface area (Å²) < 4.78 is 23.2. The zero-order valence-electron chi connectivity index (χ0n) is 16.9. The Kier molecular flexibility index (Phi) is 4.77. The summed E-state index contributed by atoms with van der Waals surface area (Å²) in [5.74, 6) is 1.79. The number of ketones is 1. The van der Waals surface area contributed by atoms with Crippen molar-refractivity contribution >= 4 is 39.4 Å². The molecule has 0 spiro atoms. The zero-order chi connectivity index (χ0) is 21.7. The van der Waals surface area contributed by atoms with Crippen molar-refractivity contribution in [2.45, 2.75) is 6.42 Å². The molecule has 1 N–H and O–H groups in total. The lowest BCUT2D eigenvalue weighted by Crippen LogP contribution is -2.26. The summed E-state index contributed by atoms with van der Waals surface area (Å²) in [6.07, 6.45) is 2.52. The fourth-order valence-corrected chi connectivity index (χ4v) is 4.68. The SMILES string of the molecule is COc1c2c(c(Br)c3c1OCO3)CCN(C)C(C(=O)c1ccc3c(c1)OCC(=O)N3)=C2. The summed E-state index contributed by atoms with van der Waals surface area (Å²) in [5.41, 5.74) is 3.32. The van der Waals surface area contributed by atoms with Crippen molar-refractivity contribution in [1.82, 2.24) is 4.90 Å². The molecule has 2 aromatic rings. The fourth-order valence-electron chi connectivity index (χ4n) is 3.97. The molecule has 0 saturated heterocycles. The maximum absolute atomic E-state index is 13.5. The van der Waals surface area contributed by atoms with Gasteiger partial charge >= 0.3 is 0 Å². The van der Waals surface area contributed by atoms with Crippen LogP contribution in [-0.4, -0.2) is 50.7 Å². The quantitative estimate of drug-likeness (QED) is 0.666. The summed E-state index contributed by atoms with van der Waals surface area (Å²) in [6.45, 7) is 0.677. The second-order valence-corrected chi connectivity index (χ2v) is 8.18. The smallest absolute Gasteiger partial charge is 0.262 e. The molecule has 0 unspecified atom stereocenters. The van der Waals surface area contributed by atoms with E-state index in [-0.39, 0.29) is 25.1 Å². The van der Waals surface area contributed by atoms with Crippen molar-refractivity contribution in [1.29, 1.82) is 0 Å². The van der Waals surface area contributed by atoms with Gasteiger partial charge in [-0.3, -0.25) is 9.59 Å². The summed E-state index contributed by atoms with van der Waals surface area (Å²) >= 11 is 3.64. The van der Waals surface area contributed by atoms with Gasteiger partial charge in [0.1, 0.15) is 5.75 Å². The Hall–Kier alpha value is -3.20. The van der Waals surface area contributed by atoms with Gasteiger partial charge in [0.2, 0.25) is 18.3 Å². The second kappa shape index (κ2) is 7.49. The molecular formula is C22H19BrN2O6. The number of halogens is 1. The van der Waals surface area contributed by atoms with Crippen LogP contribution in [0.25, 0.3) is 6.08 Å². The van der Waals surface area contributed by atoms with Crippen molar-refractivity contribution in [2.24, 2.45) is 0 Å². The summed E-state index contributed by atoms with van der Waals surface area (Å²) in [4.78, 5) is 26.9. The molecular weight excluding hydrogens is 468 g/mol. The molecule has 0 atom stereocenters. The predicted octanol–water partition coefficient (Wildman–Crippen LogP) is 3.23.